The number of fused-ring (bicyclic) bond motifs is 2. The van der Waals surface area contributed by atoms with Gasteiger partial charge in [0.2, 0.25) is 0 Å². The van der Waals surface area contributed by atoms with E-state index in [4.69, 9.17) is 11.6 Å². The Bertz CT molecular complexity index is 1460. The van der Waals surface area contributed by atoms with Gasteiger partial charge in [0.25, 0.3) is 17.7 Å². The van der Waals surface area contributed by atoms with Crippen LogP contribution in [0, 0.1) is 13.8 Å². The number of carbonyl (C=O) groups excluding carboxylic acids is 3. The number of thiazole rings is 1. The molecule has 1 aliphatic heterocycles. The van der Waals surface area contributed by atoms with Crippen LogP contribution in [0.5, 0.6) is 0 Å². The first kappa shape index (κ1) is 20.4. The summed E-state index contributed by atoms with van der Waals surface area (Å²) < 4.78 is 0.853. The molecule has 2 heterocycles. The monoisotopic (exact) mass is 461 g/mol. The third kappa shape index (κ3) is 3.36. The molecule has 5 rings (SSSR count). The first-order chi connectivity index (χ1) is 15.3. The number of aryl methyl sites for hydroxylation is 2. The Labute approximate surface area is 192 Å². The third-order valence-corrected chi connectivity index (χ3v) is 6.48. The van der Waals surface area contributed by atoms with E-state index in [-0.39, 0.29) is 16.7 Å². The van der Waals surface area contributed by atoms with E-state index in [1.54, 1.807) is 24.3 Å². The van der Waals surface area contributed by atoms with E-state index < -0.39 is 17.7 Å². The zero-order chi connectivity index (χ0) is 22.6. The van der Waals surface area contributed by atoms with E-state index in [9.17, 15) is 14.4 Å². The molecule has 0 bridgehead atoms. The fourth-order valence-corrected chi connectivity index (χ4v) is 4.92. The van der Waals surface area contributed by atoms with Gasteiger partial charge in [0.1, 0.15) is 0 Å². The van der Waals surface area contributed by atoms with Crippen molar-refractivity contribution in [2.45, 2.75) is 13.8 Å². The predicted octanol–water partition coefficient (Wildman–Crippen LogP) is 5.62. The van der Waals surface area contributed by atoms with Crippen LogP contribution < -0.4 is 10.2 Å². The molecule has 32 heavy (non-hydrogen) atoms. The molecule has 1 aromatic heterocycles. The van der Waals surface area contributed by atoms with Crippen molar-refractivity contribution in [3.8, 4) is 0 Å². The number of amides is 3. The van der Waals surface area contributed by atoms with Gasteiger partial charge in [0.15, 0.2) is 5.13 Å². The van der Waals surface area contributed by atoms with Crippen molar-refractivity contribution in [2.75, 3.05) is 10.2 Å². The minimum absolute atomic E-state index is 0.207. The molecule has 4 aromatic rings. The van der Waals surface area contributed by atoms with Crippen molar-refractivity contribution in [3.63, 3.8) is 0 Å². The number of rotatable bonds is 3. The van der Waals surface area contributed by atoms with Crippen LogP contribution in [0.3, 0.4) is 0 Å². The highest BCUT2D eigenvalue weighted by atomic mass is 35.5. The van der Waals surface area contributed by atoms with Crippen molar-refractivity contribution in [2.24, 2.45) is 0 Å². The lowest BCUT2D eigenvalue weighted by atomic mass is 10.1. The Morgan fingerprint density at radius 2 is 1.75 bits per heavy atom. The van der Waals surface area contributed by atoms with Crippen LogP contribution in [0.15, 0.2) is 54.6 Å². The maximum absolute atomic E-state index is 13.1. The molecule has 1 N–H and O–H groups in total. The number of benzene rings is 3. The fraction of sp³-hybridized carbons (Fsp3) is 0.0833. The fourth-order valence-electron chi connectivity index (χ4n) is 3.78. The molecule has 0 radical (unpaired) electrons. The number of carbonyl (C=O) groups is 3. The van der Waals surface area contributed by atoms with Crippen molar-refractivity contribution in [3.05, 3.63) is 87.4 Å². The van der Waals surface area contributed by atoms with Gasteiger partial charge in [-0.2, -0.15) is 0 Å². The maximum Gasteiger partial charge on any atom is 0.266 e. The van der Waals surface area contributed by atoms with Crippen molar-refractivity contribution in [1.82, 2.24) is 4.98 Å². The number of halogens is 1. The van der Waals surface area contributed by atoms with Gasteiger partial charge in [-0.05, 0) is 61.9 Å². The molecular formula is C24H16ClN3O3S. The molecule has 0 fully saturated rings. The Balaban J connectivity index is 1.44. The number of hydrogen-bond donors (Lipinski definition) is 1. The lowest BCUT2D eigenvalue weighted by Crippen LogP contribution is -2.30. The van der Waals surface area contributed by atoms with E-state index in [1.807, 2.05) is 26.0 Å². The van der Waals surface area contributed by atoms with E-state index in [0.717, 1.165) is 21.3 Å². The summed E-state index contributed by atoms with van der Waals surface area (Å²) in [6.07, 6.45) is 0. The van der Waals surface area contributed by atoms with Crippen LogP contribution in [0.2, 0.25) is 5.02 Å². The van der Waals surface area contributed by atoms with Gasteiger partial charge in [-0.15, -0.1) is 0 Å². The van der Waals surface area contributed by atoms with E-state index in [2.05, 4.69) is 10.3 Å². The van der Waals surface area contributed by atoms with Gasteiger partial charge in [0, 0.05) is 10.6 Å². The van der Waals surface area contributed by atoms with Crippen LogP contribution >= 0.6 is 22.9 Å². The molecule has 0 spiro atoms. The molecule has 0 aliphatic carbocycles. The second-order valence-electron chi connectivity index (χ2n) is 7.58. The summed E-state index contributed by atoms with van der Waals surface area (Å²) in [6.45, 7) is 3.81. The molecule has 3 amide bonds. The smallest absolute Gasteiger partial charge is 0.266 e. The molecule has 0 unspecified atom stereocenters. The molecule has 158 valence electrons. The van der Waals surface area contributed by atoms with E-state index >= 15 is 0 Å². The van der Waals surface area contributed by atoms with Gasteiger partial charge in [0.05, 0.1) is 27.0 Å². The van der Waals surface area contributed by atoms with Gasteiger partial charge >= 0.3 is 0 Å². The molecule has 0 atom stereocenters. The summed E-state index contributed by atoms with van der Waals surface area (Å²) in [5, 5.41) is 3.77. The number of aromatic nitrogens is 1. The molecule has 0 saturated carbocycles. The number of nitrogens with one attached hydrogen (secondary N) is 1. The first-order valence-electron chi connectivity index (χ1n) is 9.79. The molecule has 6 nitrogen and oxygen atoms in total. The molecule has 8 heteroatoms. The van der Waals surface area contributed by atoms with Crippen LogP contribution in [0.1, 0.15) is 42.2 Å². The molecule has 3 aromatic carbocycles. The number of hydrogen-bond acceptors (Lipinski definition) is 5. The summed E-state index contributed by atoms with van der Waals surface area (Å²) >= 11 is 7.32. The quantitative estimate of drug-likeness (QED) is 0.401. The lowest BCUT2D eigenvalue weighted by Gasteiger charge is -2.16. The zero-order valence-electron chi connectivity index (χ0n) is 17.1. The Morgan fingerprint density at radius 1 is 0.969 bits per heavy atom. The van der Waals surface area contributed by atoms with Crippen molar-refractivity contribution >= 4 is 61.7 Å². The summed E-state index contributed by atoms with van der Waals surface area (Å²) in [4.78, 5) is 44.4. The normalized spacial score (nSPS) is 13.0. The lowest BCUT2D eigenvalue weighted by molar-refractivity contribution is 0.0925. The molecule has 1 aliphatic rings. The van der Waals surface area contributed by atoms with Crippen molar-refractivity contribution in [1.29, 1.82) is 0 Å². The highest BCUT2D eigenvalue weighted by Crippen LogP contribution is 2.32. The predicted molar refractivity (Wildman–Crippen MR) is 126 cm³/mol. The third-order valence-electron chi connectivity index (χ3n) is 5.31. The zero-order valence-corrected chi connectivity index (χ0v) is 18.7. The standard InChI is InChI=1S/C24H16ClN3O3S/c1-12-3-8-19(13(2)9-12)28-22(30)16-6-4-14(10-17(16)23(28)31)21(29)27-24-26-18-7-5-15(25)11-20(18)32-24/h3-11H,1-2H3,(H,26,27,29). The summed E-state index contributed by atoms with van der Waals surface area (Å²) in [5.41, 5.74) is 3.89. The molecular weight excluding hydrogens is 446 g/mol. The maximum atomic E-state index is 13.1. The Morgan fingerprint density at radius 3 is 2.53 bits per heavy atom. The van der Waals surface area contributed by atoms with Gasteiger partial charge in [-0.3, -0.25) is 19.7 Å². The topological polar surface area (TPSA) is 79.4 Å². The number of anilines is 2. The highest BCUT2D eigenvalue weighted by molar-refractivity contribution is 7.22. The largest absolute Gasteiger partial charge is 0.298 e. The van der Waals surface area contributed by atoms with E-state index in [1.165, 1.54) is 34.4 Å². The van der Waals surface area contributed by atoms with E-state index in [0.29, 0.717) is 15.8 Å². The highest BCUT2D eigenvalue weighted by Gasteiger charge is 2.37. The van der Waals surface area contributed by atoms with Gasteiger partial charge < -0.3 is 0 Å². The van der Waals surface area contributed by atoms with Crippen LogP contribution in [0.25, 0.3) is 10.2 Å². The van der Waals surface area contributed by atoms with Gasteiger partial charge in [-0.1, -0.05) is 40.6 Å². The summed E-state index contributed by atoms with van der Waals surface area (Å²) in [6, 6.07) is 15.4. The number of nitrogens with zero attached hydrogens (tertiary/aromatic N) is 2. The average molecular weight is 462 g/mol. The average Bonchev–Trinajstić information content (AvgIpc) is 3.26. The summed E-state index contributed by atoms with van der Waals surface area (Å²) in [5.74, 6) is -1.25. The first-order valence-corrected chi connectivity index (χ1v) is 11.0. The summed E-state index contributed by atoms with van der Waals surface area (Å²) in [7, 11) is 0. The van der Waals surface area contributed by atoms with Crippen LogP contribution in [-0.4, -0.2) is 22.7 Å². The van der Waals surface area contributed by atoms with Gasteiger partial charge in [-0.25, -0.2) is 9.88 Å². The Kier molecular flexibility index (Phi) is 4.80. The minimum atomic E-state index is -0.443. The molecule has 0 saturated heterocycles. The minimum Gasteiger partial charge on any atom is -0.298 e. The van der Waals surface area contributed by atoms with Crippen LogP contribution in [-0.2, 0) is 0 Å². The second-order valence-corrected chi connectivity index (χ2v) is 9.05. The Hall–Kier alpha value is -3.55. The SMILES string of the molecule is Cc1ccc(N2C(=O)c3ccc(C(=O)Nc4nc5ccc(Cl)cc5s4)cc3C2=O)c(C)c1. The van der Waals surface area contributed by atoms with Crippen LogP contribution in [0.4, 0.5) is 10.8 Å². The van der Waals surface area contributed by atoms with Crippen molar-refractivity contribution < 1.29 is 14.4 Å². The number of imide groups is 1. The second kappa shape index (κ2) is 7.55.